The molecule has 0 atom stereocenters. The Kier molecular flexibility index (Phi) is 4.76. The van der Waals surface area contributed by atoms with Gasteiger partial charge in [-0.3, -0.25) is 0 Å². The quantitative estimate of drug-likeness (QED) is 0.437. The molecule has 0 amide bonds. The van der Waals surface area contributed by atoms with E-state index in [1.165, 1.54) is 13.2 Å². The molecule has 0 aliphatic heterocycles. The summed E-state index contributed by atoms with van der Waals surface area (Å²) in [5.41, 5.74) is 3.74. The van der Waals surface area contributed by atoms with Gasteiger partial charge in [-0.15, -0.1) is 0 Å². The van der Waals surface area contributed by atoms with E-state index in [2.05, 4.69) is 4.98 Å². The summed E-state index contributed by atoms with van der Waals surface area (Å²) in [6.07, 6.45) is 0. The summed E-state index contributed by atoms with van der Waals surface area (Å²) < 4.78 is 42.3. The number of methoxy groups -OCH3 is 1. The van der Waals surface area contributed by atoms with Crippen LogP contribution in [0.1, 0.15) is 11.1 Å². The van der Waals surface area contributed by atoms with E-state index in [1.54, 1.807) is 36.4 Å². The van der Waals surface area contributed by atoms with Crippen LogP contribution in [0.15, 0.2) is 70.0 Å². The highest BCUT2D eigenvalue weighted by atomic mass is 32.2. The molecular formula is C22H19NO5S. The Balaban J connectivity index is 1.81. The van der Waals surface area contributed by atoms with Gasteiger partial charge in [-0.05, 0) is 55.8 Å². The molecule has 0 aliphatic rings. The summed E-state index contributed by atoms with van der Waals surface area (Å²) in [5, 5.41) is 0. The first-order valence-corrected chi connectivity index (χ1v) is 10.3. The third-order valence-electron chi connectivity index (χ3n) is 4.45. The second-order valence-corrected chi connectivity index (χ2v) is 8.19. The van der Waals surface area contributed by atoms with Gasteiger partial charge in [0.25, 0.3) is 0 Å². The number of aromatic nitrogens is 1. The molecule has 7 heteroatoms. The molecule has 0 saturated carbocycles. The highest BCUT2D eigenvalue weighted by molar-refractivity contribution is 7.87. The van der Waals surface area contributed by atoms with Crippen molar-refractivity contribution in [1.29, 1.82) is 0 Å². The summed E-state index contributed by atoms with van der Waals surface area (Å²) >= 11 is 0. The zero-order valence-corrected chi connectivity index (χ0v) is 17.0. The first kappa shape index (κ1) is 19.0. The number of benzene rings is 3. The molecule has 0 spiro atoms. The summed E-state index contributed by atoms with van der Waals surface area (Å²) in [6, 6.07) is 17.1. The maximum Gasteiger partial charge on any atom is 0.342 e. The van der Waals surface area contributed by atoms with Gasteiger partial charge in [0.1, 0.15) is 16.2 Å². The Bertz CT molecular complexity index is 1310. The number of aryl methyl sites for hydroxylation is 2. The average molecular weight is 409 g/mol. The van der Waals surface area contributed by atoms with Crippen LogP contribution >= 0.6 is 0 Å². The number of nitrogens with zero attached hydrogens (tertiary/aromatic N) is 1. The van der Waals surface area contributed by atoms with E-state index in [0.29, 0.717) is 22.6 Å². The predicted octanol–water partition coefficient (Wildman–Crippen LogP) is 4.89. The van der Waals surface area contributed by atoms with Crippen molar-refractivity contribution in [3.8, 4) is 23.0 Å². The lowest BCUT2D eigenvalue weighted by Crippen LogP contribution is -2.11. The zero-order chi connectivity index (χ0) is 20.6. The van der Waals surface area contributed by atoms with Gasteiger partial charge < -0.3 is 13.3 Å². The number of hydrogen-bond acceptors (Lipinski definition) is 6. The maximum absolute atomic E-state index is 12.9. The molecule has 148 valence electrons. The van der Waals surface area contributed by atoms with Crippen molar-refractivity contribution in [3.63, 3.8) is 0 Å². The van der Waals surface area contributed by atoms with Gasteiger partial charge in [-0.25, -0.2) is 4.98 Å². The number of oxazole rings is 1. The van der Waals surface area contributed by atoms with Crippen LogP contribution in [0.3, 0.4) is 0 Å². The fourth-order valence-electron chi connectivity index (χ4n) is 3.02. The molecular weight excluding hydrogens is 390 g/mol. The van der Waals surface area contributed by atoms with Crippen molar-refractivity contribution in [1.82, 2.24) is 4.98 Å². The standard InChI is InChI=1S/C22H19NO5S/c1-14-8-10-18(28-29(24,25)21-7-5-4-6-20(21)26-3)16(12-14)22-23-17-13-15(2)9-11-19(17)27-22/h4-13H,1-3H3. The molecule has 0 unspecified atom stereocenters. The van der Waals surface area contributed by atoms with Crippen molar-refractivity contribution in [2.75, 3.05) is 7.11 Å². The number of ether oxygens (including phenoxy) is 1. The minimum atomic E-state index is -4.13. The molecule has 0 fully saturated rings. The zero-order valence-electron chi connectivity index (χ0n) is 16.2. The van der Waals surface area contributed by atoms with Gasteiger partial charge in [0.15, 0.2) is 11.3 Å². The van der Waals surface area contributed by atoms with Gasteiger partial charge in [-0.1, -0.05) is 29.8 Å². The van der Waals surface area contributed by atoms with Crippen LogP contribution in [0.25, 0.3) is 22.6 Å². The molecule has 29 heavy (non-hydrogen) atoms. The van der Waals surface area contributed by atoms with Gasteiger partial charge >= 0.3 is 10.1 Å². The molecule has 1 heterocycles. The number of fused-ring (bicyclic) bond motifs is 1. The van der Waals surface area contributed by atoms with E-state index in [1.807, 2.05) is 32.0 Å². The lowest BCUT2D eigenvalue weighted by Gasteiger charge is -2.12. The number of hydrogen-bond donors (Lipinski definition) is 0. The Hall–Kier alpha value is -3.32. The van der Waals surface area contributed by atoms with Crippen LogP contribution in [0.5, 0.6) is 11.5 Å². The van der Waals surface area contributed by atoms with Crippen molar-refractivity contribution >= 4 is 21.2 Å². The monoisotopic (exact) mass is 409 g/mol. The Labute approximate surface area is 168 Å². The second kappa shape index (κ2) is 7.25. The van der Waals surface area contributed by atoms with Crippen LogP contribution in [-0.4, -0.2) is 20.5 Å². The van der Waals surface area contributed by atoms with Crippen molar-refractivity contribution in [2.24, 2.45) is 0 Å². The molecule has 3 aromatic carbocycles. The van der Waals surface area contributed by atoms with E-state index >= 15 is 0 Å². The van der Waals surface area contributed by atoms with Crippen LogP contribution in [0, 0.1) is 13.8 Å². The molecule has 6 nitrogen and oxygen atoms in total. The summed E-state index contributed by atoms with van der Waals surface area (Å²) in [7, 11) is -2.72. The second-order valence-electron chi connectivity index (χ2n) is 6.68. The predicted molar refractivity (Wildman–Crippen MR) is 110 cm³/mol. The average Bonchev–Trinajstić information content (AvgIpc) is 3.12. The third-order valence-corrected chi connectivity index (χ3v) is 5.72. The van der Waals surface area contributed by atoms with E-state index in [9.17, 15) is 8.42 Å². The largest absolute Gasteiger partial charge is 0.495 e. The highest BCUT2D eigenvalue weighted by Gasteiger charge is 2.24. The molecule has 0 bridgehead atoms. The van der Waals surface area contributed by atoms with Crippen molar-refractivity contribution in [3.05, 3.63) is 71.8 Å². The first-order chi connectivity index (χ1) is 13.9. The smallest absolute Gasteiger partial charge is 0.342 e. The minimum Gasteiger partial charge on any atom is -0.495 e. The fourth-order valence-corrected chi connectivity index (χ4v) is 4.14. The minimum absolute atomic E-state index is 0.0535. The van der Waals surface area contributed by atoms with Crippen LogP contribution in [0.4, 0.5) is 0 Å². The van der Waals surface area contributed by atoms with Crippen molar-refractivity contribution < 1.29 is 21.8 Å². The fraction of sp³-hybridized carbons (Fsp3) is 0.136. The Morgan fingerprint density at radius 3 is 2.41 bits per heavy atom. The molecule has 0 N–H and O–H groups in total. The normalized spacial score (nSPS) is 11.6. The van der Waals surface area contributed by atoms with Crippen LogP contribution in [0.2, 0.25) is 0 Å². The number of para-hydroxylation sites is 1. The summed E-state index contributed by atoms with van der Waals surface area (Å²) in [4.78, 5) is 4.46. The van der Waals surface area contributed by atoms with Gasteiger partial charge in [0, 0.05) is 0 Å². The van der Waals surface area contributed by atoms with E-state index in [0.717, 1.165) is 11.1 Å². The lowest BCUT2D eigenvalue weighted by molar-refractivity contribution is 0.398. The Morgan fingerprint density at radius 1 is 0.897 bits per heavy atom. The molecule has 0 aliphatic carbocycles. The van der Waals surface area contributed by atoms with Gasteiger partial charge in [-0.2, -0.15) is 8.42 Å². The molecule has 0 radical (unpaired) electrons. The molecule has 0 saturated heterocycles. The maximum atomic E-state index is 12.9. The lowest BCUT2D eigenvalue weighted by atomic mass is 10.1. The summed E-state index contributed by atoms with van der Waals surface area (Å²) in [6.45, 7) is 3.86. The van der Waals surface area contributed by atoms with Crippen LogP contribution in [-0.2, 0) is 10.1 Å². The number of rotatable bonds is 5. The molecule has 1 aromatic heterocycles. The van der Waals surface area contributed by atoms with E-state index in [4.69, 9.17) is 13.3 Å². The van der Waals surface area contributed by atoms with Crippen LogP contribution < -0.4 is 8.92 Å². The highest BCUT2D eigenvalue weighted by Crippen LogP contribution is 2.35. The third kappa shape index (κ3) is 3.69. The first-order valence-electron chi connectivity index (χ1n) is 8.93. The topological polar surface area (TPSA) is 78.6 Å². The van der Waals surface area contributed by atoms with Gasteiger partial charge in [0.05, 0.1) is 12.7 Å². The van der Waals surface area contributed by atoms with Crippen molar-refractivity contribution in [2.45, 2.75) is 18.7 Å². The van der Waals surface area contributed by atoms with Gasteiger partial charge in [0.2, 0.25) is 5.89 Å². The van der Waals surface area contributed by atoms with E-state index in [-0.39, 0.29) is 16.4 Å². The molecule has 4 aromatic rings. The SMILES string of the molecule is COc1ccccc1S(=O)(=O)Oc1ccc(C)cc1-c1nc2cc(C)ccc2o1. The summed E-state index contributed by atoms with van der Waals surface area (Å²) in [5.74, 6) is 0.628. The van der Waals surface area contributed by atoms with E-state index < -0.39 is 10.1 Å². The Morgan fingerprint density at radius 2 is 1.62 bits per heavy atom. The molecule has 4 rings (SSSR count).